The fourth-order valence-corrected chi connectivity index (χ4v) is 4.47. The molecular weight excluding hydrogens is 342 g/mol. The van der Waals surface area contributed by atoms with Gasteiger partial charge in [-0.15, -0.1) is 0 Å². The summed E-state index contributed by atoms with van der Waals surface area (Å²) in [4.78, 5) is 11.7. The molecule has 0 N–H and O–H groups in total. The molecule has 22 heavy (non-hydrogen) atoms. The summed E-state index contributed by atoms with van der Waals surface area (Å²) in [5.74, 6) is 2.45. The van der Waals surface area contributed by atoms with E-state index in [2.05, 4.69) is 39.7 Å². The van der Waals surface area contributed by atoms with Gasteiger partial charge in [0.15, 0.2) is 0 Å². The Kier molecular flexibility index (Phi) is 4.47. The highest BCUT2D eigenvalue weighted by molar-refractivity contribution is 9.10. The lowest BCUT2D eigenvalue weighted by molar-refractivity contribution is 0.114. The van der Waals surface area contributed by atoms with E-state index < -0.39 is 0 Å². The van der Waals surface area contributed by atoms with Crippen molar-refractivity contribution in [2.45, 2.75) is 40.5 Å². The number of halogens is 1. The lowest BCUT2D eigenvalue weighted by Crippen LogP contribution is -2.45. The summed E-state index contributed by atoms with van der Waals surface area (Å²) in [6.07, 6.45) is 2.40. The van der Waals surface area contributed by atoms with Gasteiger partial charge in [0, 0.05) is 18.5 Å². The molecule has 1 unspecified atom stereocenters. The van der Waals surface area contributed by atoms with Crippen molar-refractivity contribution in [3.8, 4) is 0 Å². The highest BCUT2D eigenvalue weighted by atomic mass is 79.9. The Morgan fingerprint density at radius 2 is 1.86 bits per heavy atom. The Balaban J connectivity index is 1.76. The van der Waals surface area contributed by atoms with E-state index >= 15 is 0 Å². The van der Waals surface area contributed by atoms with Gasteiger partial charge in [0.2, 0.25) is 0 Å². The summed E-state index contributed by atoms with van der Waals surface area (Å²) in [6.45, 7) is 12.7. The number of rotatable bonds is 2. The second-order valence-electron chi connectivity index (χ2n) is 7.22. The number of hydrogen-bond acceptors (Lipinski definition) is 4. The zero-order valence-corrected chi connectivity index (χ0v) is 15.6. The number of aromatic nitrogens is 2. The van der Waals surface area contributed by atoms with Gasteiger partial charge in [-0.05, 0) is 54.5 Å². The zero-order valence-electron chi connectivity index (χ0n) is 14.0. The molecule has 1 spiro atoms. The van der Waals surface area contributed by atoms with Crippen LogP contribution >= 0.6 is 15.9 Å². The van der Waals surface area contributed by atoms with Gasteiger partial charge in [-0.3, -0.25) is 0 Å². The van der Waals surface area contributed by atoms with Crippen molar-refractivity contribution in [1.29, 1.82) is 0 Å². The molecule has 4 nitrogen and oxygen atoms in total. The van der Waals surface area contributed by atoms with Crippen LogP contribution in [0.5, 0.6) is 0 Å². The molecule has 1 aromatic rings. The minimum atomic E-state index is 0.385. The maximum atomic E-state index is 5.86. The standard InChI is InChI=1S/C17H26BrN3O/c1-11(2)14-9-22-10-17(14)5-7-21(8-6-17)16-13(4)19-15(18)12(3)20-16/h11,14H,5-10H2,1-4H3. The predicted molar refractivity (Wildman–Crippen MR) is 92.2 cm³/mol. The zero-order chi connectivity index (χ0) is 15.9. The van der Waals surface area contributed by atoms with Crippen LogP contribution < -0.4 is 4.90 Å². The monoisotopic (exact) mass is 367 g/mol. The Morgan fingerprint density at radius 3 is 2.50 bits per heavy atom. The van der Waals surface area contributed by atoms with Gasteiger partial charge in [-0.2, -0.15) is 0 Å². The van der Waals surface area contributed by atoms with Crippen molar-refractivity contribution in [3.63, 3.8) is 0 Å². The van der Waals surface area contributed by atoms with Crippen molar-refractivity contribution >= 4 is 21.7 Å². The molecule has 0 saturated carbocycles. The van der Waals surface area contributed by atoms with Crippen LogP contribution in [0.25, 0.3) is 0 Å². The van der Waals surface area contributed by atoms with Crippen LogP contribution in [0.3, 0.4) is 0 Å². The molecule has 2 aliphatic heterocycles. The van der Waals surface area contributed by atoms with Gasteiger partial charge in [0.05, 0.1) is 24.6 Å². The quantitative estimate of drug-likeness (QED) is 0.797. The Morgan fingerprint density at radius 1 is 1.18 bits per heavy atom. The molecule has 2 fully saturated rings. The van der Waals surface area contributed by atoms with Crippen LogP contribution in [-0.4, -0.2) is 36.3 Å². The molecule has 0 bridgehead atoms. The number of aryl methyl sites for hydroxylation is 2. The third-order valence-corrected chi connectivity index (χ3v) is 6.25. The number of ether oxygens (including phenoxy) is 1. The third-order valence-electron chi connectivity index (χ3n) is 5.50. The lowest BCUT2D eigenvalue weighted by Gasteiger charge is -2.43. The normalized spacial score (nSPS) is 24.5. The van der Waals surface area contributed by atoms with Crippen molar-refractivity contribution in [3.05, 3.63) is 16.0 Å². The van der Waals surface area contributed by atoms with E-state index in [1.165, 1.54) is 12.8 Å². The molecule has 1 aromatic heterocycles. The van der Waals surface area contributed by atoms with Crippen LogP contribution in [0, 0.1) is 31.1 Å². The van der Waals surface area contributed by atoms with Crippen LogP contribution in [0.15, 0.2) is 4.60 Å². The fraction of sp³-hybridized carbons (Fsp3) is 0.765. The Hall–Kier alpha value is -0.680. The van der Waals surface area contributed by atoms with Crippen LogP contribution in [-0.2, 0) is 4.74 Å². The SMILES string of the molecule is Cc1nc(N2CCC3(CC2)COCC3C(C)C)c(C)nc1Br. The molecule has 1 atom stereocenters. The second-order valence-corrected chi connectivity index (χ2v) is 7.98. The maximum Gasteiger partial charge on any atom is 0.150 e. The maximum absolute atomic E-state index is 5.86. The van der Waals surface area contributed by atoms with E-state index in [-0.39, 0.29) is 0 Å². The minimum Gasteiger partial charge on any atom is -0.381 e. The van der Waals surface area contributed by atoms with Gasteiger partial charge < -0.3 is 9.64 Å². The number of piperidine rings is 1. The fourth-order valence-electron chi connectivity index (χ4n) is 4.12. The van der Waals surface area contributed by atoms with Gasteiger partial charge in [0.25, 0.3) is 0 Å². The molecule has 2 saturated heterocycles. The van der Waals surface area contributed by atoms with Gasteiger partial charge in [-0.1, -0.05) is 13.8 Å². The van der Waals surface area contributed by atoms with Gasteiger partial charge in [0.1, 0.15) is 10.4 Å². The first-order chi connectivity index (χ1) is 10.4. The van der Waals surface area contributed by atoms with Crippen molar-refractivity contribution in [2.75, 3.05) is 31.2 Å². The van der Waals surface area contributed by atoms with E-state index in [9.17, 15) is 0 Å². The van der Waals surface area contributed by atoms with Crippen molar-refractivity contribution in [1.82, 2.24) is 9.97 Å². The molecule has 3 rings (SSSR count). The lowest BCUT2D eigenvalue weighted by atomic mass is 9.67. The molecule has 0 aromatic carbocycles. The van der Waals surface area contributed by atoms with Crippen LogP contribution in [0.4, 0.5) is 5.82 Å². The topological polar surface area (TPSA) is 38.2 Å². The first-order valence-electron chi connectivity index (χ1n) is 8.26. The van der Waals surface area contributed by atoms with Gasteiger partial charge in [-0.25, -0.2) is 9.97 Å². The van der Waals surface area contributed by atoms with Crippen molar-refractivity contribution < 1.29 is 4.74 Å². The number of hydrogen-bond donors (Lipinski definition) is 0. The van der Waals surface area contributed by atoms with E-state index in [1.807, 2.05) is 13.8 Å². The third kappa shape index (κ3) is 2.78. The smallest absolute Gasteiger partial charge is 0.150 e. The van der Waals surface area contributed by atoms with Gasteiger partial charge >= 0.3 is 0 Å². The number of anilines is 1. The second kappa shape index (κ2) is 6.08. The summed E-state index contributed by atoms with van der Waals surface area (Å²) in [5, 5.41) is 0. The summed E-state index contributed by atoms with van der Waals surface area (Å²) in [7, 11) is 0. The van der Waals surface area contributed by atoms with E-state index in [4.69, 9.17) is 9.72 Å². The highest BCUT2D eigenvalue weighted by Crippen LogP contribution is 2.47. The summed E-state index contributed by atoms with van der Waals surface area (Å²) < 4.78 is 6.71. The first-order valence-corrected chi connectivity index (χ1v) is 9.06. The van der Waals surface area contributed by atoms with E-state index in [1.54, 1.807) is 0 Å². The molecule has 0 amide bonds. The summed E-state index contributed by atoms with van der Waals surface area (Å²) in [5.41, 5.74) is 2.36. The molecular formula is C17H26BrN3O. The average Bonchev–Trinajstić information content (AvgIpc) is 2.88. The summed E-state index contributed by atoms with van der Waals surface area (Å²) in [6, 6.07) is 0. The predicted octanol–water partition coefficient (Wildman–Crippen LogP) is 3.74. The minimum absolute atomic E-state index is 0.385. The largest absolute Gasteiger partial charge is 0.381 e. The molecule has 2 aliphatic rings. The van der Waals surface area contributed by atoms with Crippen LogP contribution in [0.1, 0.15) is 38.1 Å². The molecule has 0 aliphatic carbocycles. The van der Waals surface area contributed by atoms with E-state index in [0.717, 1.165) is 48.1 Å². The highest BCUT2D eigenvalue weighted by Gasteiger charge is 2.47. The Labute approximate surface area is 141 Å². The molecule has 5 heteroatoms. The van der Waals surface area contributed by atoms with Crippen molar-refractivity contribution in [2.24, 2.45) is 17.3 Å². The Bertz CT molecular complexity index is 553. The van der Waals surface area contributed by atoms with E-state index in [0.29, 0.717) is 17.3 Å². The first kappa shape index (κ1) is 16.2. The van der Waals surface area contributed by atoms with Crippen LogP contribution in [0.2, 0.25) is 0 Å². The molecule has 3 heterocycles. The molecule has 0 radical (unpaired) electrons. The number of nitrogens with zero attached hydrogens (tertiary/aromatic N) is 3. The molecule has 122 valence electrons. The average molecular weight is 368 g/mol. The summed E-state index contributed by atoms with van der Waals surface area (Å²) >= 11 is 3.47.